The van der Waals surface area contributed by atoms with Crippen LogP contribution in [0, 0.1) is 6.92 Å². The Morgan fingerprint density at radius 2 is 1.96 bits per heavy atom. The Morgan fingerprint density at radius 3 is 2.52 bits per heavy atom. The van der Waals surface area contributed by atoms with Gasteiger partial charge in [0.25, 0.3) is 17.6 Å². The van der Waals surface area contributed by atoms with Gasteiger partial charge < -0.3 is 11.1 Å². The fraction of sp³-hybridized carbons (Fsp3) is 0.0833. The molecule has 3 N–H and O–H groups in total. The monoisotopic (exact) mass is 330 g/mol. The van der Waals surface area contributed by atoms with Crippen molar-refractivity contribution in [2.24, 2.45) is 5.73 Å². The Morgan fingerprint density at radius 1 is 1.22 bits per heavy atom. The van der Waals surface area contributed by atoms with Gasteiger partial charge in [0.1, 0.15) is 4.88 Å². The average Bonchev–Trinajstić information content (AvgIpc) is 3.17. The van der Waals surface area contributed by atoms with Crippen LogP contribution >= 0.6 is 11.5 Å². The zero-order chi connectivity index (χ0) is 16.4. The molecule has 3 aromatic rings. The highest BCUT2D eigenvalue weighted by molar-refractivity contribution is 7.08. The van der Waals surface area contributed by atoms with Crippen molar-refractivity contribution < 1.29 is 9.59 Å². The van der Waals surface area contributed by atoms with Gasteiger partial charge in [0.15, 0.2) is 0 Å². The maximum Gasteiger partial charge on any atom is 0.290 e. The predicted molar refractivity (Wildman–Crippen MR) is 80.3 cm³/mol. The lowest BCUT2D eigenvalue weighted by atomic mass is 10.2. The second-order valence-electron chi connectivity index (χ2n) is 4.46. The summed E-state index contributed by atoms with van der Waals surface area (Å²) in [4.78, 5) is 24.6. The minimum absolute atomic E-state index is 0.171. The molecule has 0 bridgehead atoms. The highest BCUT2D eigenvalue weighted by Gasteiger charge is 2.14. The Hall–Kier alpha value is -3.21. The molecule has 0 saturated heterocycles. The molecule has 0 unspecified atom stereocenters. The van der Waals surface area contributed by atoms with E-state index in [0.29, 0.717) is 21.9 Å². The van der Waals surface area contributed by atoms with Crippen LogP contribution in [0.1, 0.15) is 26.0 Å². The van der Waals surface area contributed by atoms with E-state index in [1.165, 1.54) is 4.80 Å². The maximum atomic E-state index is 12.1. The first kappa shape index (κ1) is 14.7. The molecule has 11 heteroatoms. The number of carbonyl (C=O) groups is 2. The van der Waals surface area contributed by atoms with E-state index in [0.717, 1.165) is 11.5 Å². The van der Waals surface area contributed by atoms with E-state index in [1.54, 1.807) is 31.2 Å². The van der Waals surface area contributed by atoms with Gasteiger partial charge in [-0.25, -0.2) is 0 Å². The van der Waals surface area contributed by atoms with Crippen LogP contribution in [-0.4, -0.2) is 41.6 Å². The highest BCUT2D eigenvalue weighted by Crippen LogP contribution is 2.15. The van der Waals surface area contributed by atoms with E-state index in [2.05, 4.69) is 30.3 Å². The average molecular weight is 330 g/mol. The van der Waals surface area contributed by atoms with Crippen LogP contribution in [-0.2, 0) is 0 Å². The topological polar surface area (TPSA) is 142 Å². The maximum absolute atomic E-state index is 12.1. The number of carbonyl (C=O) groups excluding carboxylic acids is 2. The number of nitrogens with one attached hydrogen (secondary N) is 1. The molecule has 0 aliphatic rings. The summed E-state index contributed by atoms with van der Waals surface area (Å²) in [6.07, 6.45) is 0. The van der Waals surface area contributed by atoms with Crippen molar-refractivity contribution in [3.05, 3.63) is 40.7 Å². The molecule has 0 fully saturated rings. The van der Waals surface area contributed by atoms with Crippen molar-refractivity contribution >= 4 is 29.0 Å². The van der Waals surface area contributed by atoms with Gasteiger partial charge in [0.2, 0.25) is 0 Å². The fourth-order valence-electron chi connectivity index (χ4n) is 1.73. The second kappa shape index (κ2) is 5.88. The summed E-state index contributed by atoms with van der Waals surface area (Å²) in [6, 6.07) is 6.67. The third kappa shape index (κ3) is 3.03. The van der Waals surface area contributed by atoms with E-state index in [1.807, 2.05) is 0 Å². The Balaban J connectivity index is 1.75. The number of aromatic nitrogens is 6. The van der Waals surface area contributed by atoms with E-state index in [-0.39, 0.29) is 11.7 Å². The number of primary amides is 1. The quantitative estimate of drug-likeness (QED) is 0.694. The SMILES string of the molecule is Cc1nnsc1C(=O)Nc1ccc(-n2nnc(C(N)=O)n2)cc1. The number of nitrogens with two attached hydrogens (primary N) is 1. The molecule has 0 aliphatic carbocycles. The summed E-state index contributed by atoms with van der Waals surface area (Å²) in [7, 11) is 0. The standard InChI is InChI=1S/C12H10N8O2S/c1-6-9(23-19-15-6)12(22)14-7-2-4-8(5-3-7)20-17-11(10(13)21)16-18-20/h2-5H,1H3,(H2,13,21)(H,14,22). The molecule has 10 nitrogen and oxygen atoms in total. The fourth-order valence-corrected chi connectivity index (χ4v) is 2.28. The molecule has 2 amide bonds. The van der Waals surface area contributed by atoms with Gasteiger partial charge >= 0.3 is 0 Å². The Kier molecular flexibility index (Phi) is 3.76. The molecule has 3 rings (SSSR count). The van der Waals surface area contributed by atoms with Crippen molar-refractivity contribution in [2.45, 2.75) is 6.92 Å². The first-order valence-electron chi connectivity index (χ1n) is 6.35. The van der Waals surface area contributed by atoms with Gasteiger partial charge in [-0.1, -0.05) is 4.49 Å². The van der Waals surface area contributed by atoms with Crippen LogP contribution in [0.25, 0.3) is 5.69 Å². The number of aryl methyl sites for hydroxylation is 1. The number of tetrazole rings is 1. The Labute approximate surface area is 133 Å². The number of nitrogens with zero attached hydrogens (tertiary/aromatic N) is 6. The van der Waals surface area contributed by atoms with Gasteiger partial charge in [0.05, 0.1) is 11.4 Å². The smallest absolute Gasteiger partial charge is 0.290 e. The number of rotatable bonds is 4. The summed E-state index contributed by atoms with van der Waals surface area (Å²) in [5, 5.41) is 17.6. The number of hydrogen-bond donors (Lipinski definition) is 2. The molecule has 116 valence electrons. The van der Waals surface area contributed by atoms with Crippen molar-refractivity contribution in [3.63, 3.8) is 0 Å². The summed E-state index contributed by atoms with van der Waals surface area (Å²) >= 11 is 1.03. The van der Waals surface area contributed by atoms with E-state index in [9.17, 15) is 9.59 Å². The summed E-state index contributed by atoms with van der Waals surface area (Å²) in [5.74, 6) is -1.20. The number of anilines is 1. The summed E-state index contributed by atoms with van der Waals surface area (Å²) in [5.41, 5.74) is 6.80. The number of amides is 2. The third-order valence-electron chi connectivity index (χ3n) is 2.85. The van der Waals surface area contributed by atoms with Crippen LogP contribution in [0.5, 0.6) is 0 Å². The van der Waals surface area contributed by atoms with Crippen LogP contribution in [0.4, 0.5) is 5.69 Å². The first-order valence-corrected chi connectivity index (χ1v) is 7.12. The molecule has 0 aliphatic heterocycles. The van der Waals surface area contributed by atoms with Crippen LogP contribution < -0.4 is 11.1 Å². The molecular weight excluding hydrogens is 320 g/mol. The molecule has 2 heterocycles. The molecule has 23 heavy (non-hydrogen) atoms. The van der Waals surface area contributed by atoms with Gasteiger partial charge in [-0.15, -0.1) is 20.1 Å². The molecule has 2 aromatic heterocycles. The normalized spacial score (nSPS) is 10.5. The summed E-state index contributed by atoms with van der Waals surface area (Å²) in [6.45, 7) is 1.72. The minimum atomic E-state index is -0.756. The molecule has 1 aromatic carbocycles. The molecule has 0 spiro atoms. The summed E-state index contributed by atoms with van der Waals surface area (Å²) < 4.78 is 3.72. The number of benzene rings is 1. The lowest BCUT2D eigenvalue weighted by molar-refractivity contribution is 0.0988. The lowest BCUT2D eigenvalue weighted by Gasteiger charge is -2.04. The Bertz CT molecular complexity index is 869. The van der Waals surface area contributed by atoms with Crippen molar-refractivity contribution in [2.75, 3.05) is 5.32 Å². The van der Waals surface area contributed by atoms with Crippen LogP contribution in [0.3, 0.4) is 0 Å². The van der Waals surface area contributed by atoms with Crippen LogP contribution in [0.2, 0.25) is 0 Å². The largest absolute Gasteiger partial charge is 0.363 e. The van der Waals surface area contributed by atoms with Crippen LogP contribution in [0.15, 0.2) is 24.3 Å². The van der Waals surface area contributed by atoms with Gasteiger partial charge in [-0.2, -0.15) is 0 Å². The predicted octanol–water partition coefficient (Wildman–Crippen LogP) is 0.173. The third-order valence-corrected chi connectivity index (χ3v) is 3.67. The van der Waals surface area contributed by atoms with Gasteiger partial charge in [0, 0.05) is 5.69 Å². The number of hydrogen-bond acceptors (Lipinski definition) is 8. The zero-order valence-electron chi connectivity index (χ0n) is 11.8. The lowest BCUT2D eigenvalue weighted by Crippen LogP contribution is -2.13. The second-order valence-corrected chi connectivity index (χ2v) is 5.21. The van der Waals surface area contributed by atoms with E-state index >= 15 is 0 Å². The van der Waals surface area contributed by atoms with E-state index in [4.69, 9.17) is 5.73 Å². The van der Waals surface area contributed by atoms with Crippen molar-refractivity contribution in [3.8, 4) is 5.69 Å². The minimum Gasteiger partial charge on any atom is -0.363 e. The molecule has 0 radical (unpaired) electrons. The highest BCUT2D eigenvalue weighted by atomic mass is 32.1. The first-order chi connectivity index (χ1) is 11.0. The zero-order valence-corrected chi connectivity index (χ0v) is 12.6. The van der Waals surface area contributed by atoms with Gasteiger partial charge in [-0.05, 0) is 47.9 Å². The van der Waals surface area contributed by atoms with Crippen molar-refractivity contribution in [1.82, 2.24) is 29.8 Å². The van der Waals surface area contributed by atoms with Crippen molar-refractivity contribution in [1.29, 1.82) is 0 Å². The molecule has 0 atom stereocenters. The van der Waals surface area contributed by atoms with E-state index < -0.39 is 5.91 Å². The molecule has 0 saturated carbocycles. The molecular formula is C12H10N8O2S. The van der Waals surface area contributed by atoms with Gasteiger partial charge in [-0.3, -0.25) is 9.59 Å².